The molecule has 1 aromatic rings. The SMILES string of the molecule is COCCNCc1ccc(Cl)cc1N1CCSCC1C. The van der Waals surface area contributed by atoms with E-state index in [2.05, 4.69) is 29.3 Å². The fourth-order valence-corrected chi connectivity index (χ4v) is 3.62. The van der Waals surface area contributed by atoms with Gasteiger partial charge in [-0.1, -0.05) is 17.7 Å². The van der Waals surface area contributed by atoms with E-state index in [0.717, 1.165) is 31.3 Å². The molecular formula is C15H23ClN2OS. The second kappa shape index (κ2) is 8.13. The fourth-order valence-electron chi connectivity index (χ4n) is 2.44. The third-order valence-corrected chi connectivity index (χ3v) is 4.95. The molecular weight excluding hydrogens is 292 g/mol. The predicted octanol–water partition coefficient (Wildman–Crippen LogP) is 3.02. The van der Waals surface area contributed by atoms with Gasteiger partial charge in [-0.3, -0.25) is 0 Å². The largest absolute Gasteiger partial charge is 0.383 e. The van der Waals surface area contributed by atoms with Crippen LogP contribution in [0.4, 0.5) is 5.69 Å². The van der Waals surface area contributed by atoms with Gasteiger partial charge in [0.2, 0.25) is 0 Å². The van der Waals surface area contributed by atoms with Gasteiger partial charge in [-0.05, 0) is 24.6 Å². The van der Waals surface area contributed by atoms with Crippen LogP contribution in [0.3, 0.4) is 0 Å². The van der Waals surface area contributed by atoms with Gasteiger partial charge in [0.15, 0.2) is 0 Å². The number of hydrogen-bond acceptors (Lipinski definition) is 4. The number of halogens is 1. The molecule has 0 aliphatic carbocycles. The van der Waals surface area contributed by atoms with Gasteiger partial charge >= 0.3 is 0 Å². The number of ether oxygens (including phenoxy) is 1. The van der Waals surface area contributed by atoms with Crippen LogP contribution in [-0.4, -0.2) is 44.4 Å². The van der Waals surface area contributed by atoms with Crippen LogP contribution in [0.25, 0.3) is 0 Å². The molecule has 20 heavy (non-hydrogen) atoms. The first-order chi connectivity index (χ1) is 9.72. The zero-order chi connectivity index (χ0) is 14.4. The van der Waals surface area contributed by atoms with E-state index < -0.39 is 0 Å². The highest BCUT2D eigenvalue weighted by Gasteiger charge is 2.21. The molecule has 1 atom stereocenters. The van der Waals surface area contributed by atoms with E-state index in [1.165, 1.54) is 22.8 Å². The lowest BCUT2D eigenvalue weighted by molar-refractivity contribution is 0.199. The summed E-state index contributed by atoms with van der Waals surface area (Å²) in [5, 5.41) is 4.23. The molecule has 1 saturated heterocycles. The van der Waals surface area contributed by atoms with Gasteiger partial charge in [0.1, 0.15) is 0 Å². The number of methoxy groups -OCH3 is 1. The van der Waals surface area contributed by atoms with Crippen LogP contribution < -0.4 is 10.2 Å². The summed E-state index contributed by atoms with van der Waals surface area (Å²) in [7, 11) is 1.72. The highest BCUT2D eigenvalue weighted by molar-refractivity contribution is 7.99. The number of anilines is 1. The van der Waals surface area contributed by atoms with Crippen molar-refractivity contribution in [1.29, 1.82) is 0 Å². The Hall–Kier alpha value is -0.420. The van der Waals surface area contributed by atoms with E-state index in [1.807, 2.05) is 17.8 Å². The minimum atomic E-state index is 0.560. The van der Waals surface area contributed by atoms with Gasteiger partial charge < -0.3 is 15.0 Å². The minimum Gasteiger partial charge on any atom is -0.383 e. The standard InChI is InChI=1S/C15H23ClN2OS/c1-12-11-20-8-6-18(12)15-9-14(16)4-3-13(15)10-17-5-7-19-2/h3-4,9,12,17H,5-8,10-11H2,1-2H3. The zero-order valence-electron chi connectivity index (χ0n) is 12.2. The summed E-state index contributed by atoms with van der Waals surface area (Å²) in [6.07, 6.45) is 0. The predicted molar refractivity (Wildman–Crippen MR) is 89.2 cm³/mol. The van der Waals surface area contributed by atoms with Gasteiger partial charge in [0.25, 0.3) is 0 Å². The highest BCUT2D eigenvalue weighted by atomic mass is 35.5. The zero-order valence-corrected chi connectivity index (χ0v) is 13.8. The summed E-state index contributed by atoms with van der Waals surface area (Å²) in [5.74, 6) is 2.37. The molecule has 1 N–H and O–H groups in total. The van der Waals surface area contributed by atoms with Crippen molar-refractivity contribution in [3.63, 3.8) is 0 Å². The monoisotopic (exact) mass is 314 g/mol. The van der Waals surface area contributed by atoms with Gasteiger partial charge in [0.05, 0.1) is 6.61 Å². The first kappa shape index (κ1) is 16.0. The fraction of sp³-hybridized carbons (Fsp3) is 0.600. The van der Waals surface area contributed by atoms with Crippen LogP contribution in [0.2, 0.25) is 5.02 Å². The van der Waals surface area contributed by atoms with Crippen LogP contribution in [0.1, 0.15) is 12.5 Å². The number of benzene rings is 1. The Balaban J connectivity index is 2.10. The van der Waals surface area contributed by atoms with E-state index >= 15 is 0 Å². The van der Waals surface area contributed by atoms with Crippen molar-refractivity contribution >= 4 is 29.1 Å². The average molecular weight is 315 g/mol. The van der Waals surface area contributed by atoms with Gasteiger partial charge in [0, 0.05) is 55.0 Å². The van der Waals surface area contributed by atoms with Crippen LogP contribution in [-0.2, 0) is 11.3 Å². The Labute approximate surface area is 131 Å². The first-order valence-corrected chi connectivity index (χ1v) is 8.58. The molecule has 5 heteroatoms. The summed E-state index contributed by atoms with van der Waals surface area (Å²) in [4.78, 5) is 2.48. The summed E-state index contributed by atoms with van der Waals surface area (Å²) in [6.45, 7) is 5.84. The molecule has 1 aromatic carbocycles. The third kappa shape index (κ3) is 4.29. The molecule has 2 rings (SSSR count). The molecule has 0 spiro atoms. The van der Waals surface area contributed by atoms with Crippen LogP contribution >= 0.6 is 23.4 Å². The van der Waals surface area contributed by atoms with E-state index in [1.54, 1.807) is 7.11 Å². The van der Waals surface area contributed by atoms with Gasteiger partial charge in [-0.15, -0.1) is 0 Å². The van der Waals surface area contributed by atoms with Crippen LogP contribution in [0.15, 0.2) is 18.2 Å². The topological polar surface area (TPSA) is 24.5 Å². The lowest BCUT2D eigenvalue weighted by Gasteiger charge is -2.36. The molecule has 0 saturated carbocycles. The number of hydrogen-bond donors (Lipinski definition) is 1. The Morgan fingerprint density at radius 1 is 1.50 bits per heavy atom. The van der Waals surface area contributed by atoms with Crippen molar-refractivity contribution in [2.75, 3.05) is 43.2 Å². The quantitative estimate of drug-likeness (QED) is 0.816. The Morgan fingerprint density at radius 2 is 2.35 bits per heavy atom. The molecule has 1 aliphatic heterocycles. The molecule has 1 heterocycles. The highest BCUT2D eigenvalue weighted by Crippen LogP contribution is 2.29. The lowest BCUT2D eigenvalue weighted by Crippen LogP contribution is -2.41. The molecule has 1 fully saturated rings. The molecule has 0 bridgehead atoms. The van der Waals surface area contributed by atoms with Crippen molar-refractivity contribution < 1.29 is 4.74 Å². The van der Waals surface area contributed by atoms with Gasteiger partial charge in [-0.2, -0.15) is 11.8 Å². The van der Waals surface area contributed by atoms with E-state index in [-0.39, 0.29) is 0 Å². The molecule has 1 unspecified atom stereocenters. The van der Waals surface area contributed by atoms with Crippen molar-refractivity contribution in [3.05, 3.63) is 28.8 Å². The molecule has 0 amide bonds. The Kier molecular flexibility index (Phi) is 6.49. The maximum Gasteiger partial charge on any atom is 0.0587 e. The van der Waals surface area contributed by atoms with Crippen LogP contribution in [0.5, 0.6) is 0 Å². The van der Waals surface area contributed by atoms with Crippen LogP contribution in [0, 0.1) is 0 Å². The molecule has 0 radical (unpaired) electrons. The second-order valence-electron chi connectivity index (χ2n) is 5.06. The number of nitrogens with one attached hydrogen (secondary N) is 1. The number of nitrogens with zero attached hydrogens (tertiary/aromatic N) is 1. The Morgan fingerprint density at radius 3 is 3.10 bits per heavy atom. The number of rotatable bonds is 6. The summed E-state index contributed by atoms with van der Waals surface area (Å²) >= 11 is 8.22. The number of thioether (sulfide) groups is 1. The maximum atomic E-state index is 6.20. The van der Waals surface area contributed by atoms with Crippen molar-refractivity contribution in [3.8, 4) is 0 Å². The van der Waals surface area contributed by atoms with Gasteiger partial charge in [-0.25, -0.2) is 0 Å². The van der Waals surface area contributed by atoms with Crippen molar-refractivity contribution in [2.24, 2.45) is 0 Å². The van der Waals surface area contributed by atoms with E-state index in [4.69, 9.17) is 16.3 Å². The minimum absolute atomic E-state index is 0.560. The van der Waals surface area contributed by atoms with Crippen molar-refractivity contribution in [2.45, 2.75) is 19.5 Å². The smallest absolute Gasteiger partial charge is 0.0587 e. The molecule has 3 nitrogen and oxygen atoms in total. The summed E-state index contributed by atoms with van der Waals surface area (Å²) in [6, 6.07) is 6.76. The maximum absolute atomic E-state index is 6.20. The lowest BCUT2D eigenvalue weighted by atomic mass is 10.1. The molecule has 112 valence electrons. The summed E-state index contributed by atoms with van der Waals surface area (Å²) < 4.78 is 5.07. The van der Waals surface area contributed by atoms with E-state index in [9.17, 15) is 0 Å². The second-order valence-corrected chi connectivity index (χ2v) is 6.65. The molecule has 0 aromatic heterocycles. The third-order valence-electron chi connectivity index (χ3n) is 3.52. The Bertz CT molecular complexity index is 430. The summed E-state index contributed by atoms with van der Waals surface area (Å²) in [5.41, 5.74) is 2.58. The average Bonchev–Trinajstić information content (AvgIpc) is 2.45. The van der Waals surface area contributed by atoms with Crippen molar-refractivity contribution in [1.82, 2.24) is 5.32 Å². The molecule has 1 aliphatic rings. The van der Waals surface area contributed by atoms with E-state index in [0.29, 0.717) is 6.04 Å². The first-order valence-electron chi connectivity index (χ1n) is 7.05. The normalized spacial score (nSPS) is 19.4.